The van der Waals surface area contributed by atoms with Gasteiger partial charge in [-0.05, 0) is 50.8 Å². The van der Waals surface area contributed by atoms with Crippen molar-refractivity contribution in [2.45, 2.75) is 52.0 Å². The fourth-order valence-electron chi connectivity index (χ4n) is 2.00. The van der Waals surface area contributed by atoms with E-state index in [-0.39, 0.29) is 11.4 Å². The van der Waals surface area contributed by atoms with Crippen LogP contribution in [0.15, 0.2) is 22.6 Å². The molecular weight excluding hydrogens is 238 g/mol. The summed E-state index contributed by atoms with van der Waals surface area (Å²) in [5, 5.41) is 2.96. The Morgan fingerprint density at radius 1 is 1.53 bits per heavy atom. The van der Waals surface area contributed by atoms with Crippen LogP contribution in [0.2, 0.25) is 0 Å². The van der Waals surface area contributed by atoms with Crippen molar-refractivity contribution in [3.05, 3.63) is 29.7 Å². The van der Waals surface area contributed by atoms with Gasteiger partial charge in [0.25, 0.3) is 0 Å². The van der Waals surface area contributed by atoms with E-state index in [0.29, 0.717) is 5.92 Å². The van der Waals surface area contributed by atoms with Gasteiger partial charge in [-0.25, -0.2) is 0 Å². The highest BCUT2D eigenvalue weighted by atomic mass is 16.3. The molecule has 0 aliphatic heterocycles. The van der Waals surface area contributed by atoms with Gasteiger partial charge in [-0.1, -0.05) is 13.8 Å². The van der Waals surface area contributed by atoms with Crippen LogP contribution in [0.5, 0.6) is 0 Å². The van der Waals surface area contributed by atoms with Crippen molar-refractivity contribution < 1.29 is 9.21 Å². The number of amides is 1. The average Bonchev–Trinajstić information content (AvgIpc) is 2.90. The third-order valence-electron chi connectivity index (χ3n) is 3.87. The standard InChI is InChI=1S/C16H23NO2/c1-5-16(3,4)17-15(18)9-7-12-6-8-14(19-12)13-10-11(13)2/h6-9,11,13H,5,10H2,1-4H3,(H,17,18)/b9-7+. The number of carbonyl (C=O) groups excluding carboxylic acids is 1. The number of carbonyl (C=O) groups is 1. The van der Waals surface area contributed by atoms with E-state index in [4.69, 9.17) is 4.42 Å². The lowest BCUT2D eigenvalue weighted by Crippen LogP contribution is -2.41. The van der Waals surface area contributed by atoms with Gasteiger partial charge in [-0.3, -0.25) is 4.79 Å². The molecule has 0 aromatic carbocycles. The lowest BCUT2D eigenvalue weighted by molar-refractivity contribution is -0.118. The van der Waals surface area contributed by atoms with E-state index in [9.17, 15) is 4.79 Å². The van der Waals surface area contributed by atoms with Gasteiger partial charge in [0, 0.05) is 17.5 Å². The molecule has 1 N–H and O–H groups in total. The molecule has 104 valence electrons. The van der Waals surface area contributed by atoms with Gasteiger partial charge in [0.1, 0.15) is 11.5 Å². The van der Waals surface area contributed by atoms with Crippen molar-refractivity contribution in [2.24, 2.45) is 5.92 Å². The van der Waals surface area contributed by atoms with Gasteiger partial charge in [0.15, 0.2) is 0 Å². The van der Waals surface area contributed by atoms with Crippen LogP contribution >= 0.6 is 0 Å². The zero-order valence-electron chi connectivity index (χ0n) is 12.2. The van der Waals surface area contributed by atoms with E-state index >= 15 is 0 Å². The molecule has 1 aliphatic rings. The molecular formula is C16H23NO2. The Hall–Kier alpha value is -1.51. The van der Waals surface area contributed by atoms with E-state index in [1.165, 1.54) is 12.5 Å². The van der Waals surface area contributed by atoms with Crippen LogP contribution in [0.3, 0.4) is 0 Å². The molecule has 1 aliphatic carbocycles. The molecule has 0 radical (unpaired) electrons. The summed E-state index contributed by atoms with van der Waals surface area (Å²) in [4.78, 5) is 11.8. The second-order valence-corrected chi connectivity index (χ2v) is 6.12. The van der Waals surface area contributed by atoms with Crippen LogP contribution in [0.1, 0.15) is 58.0 Å². The molecule has 1 amide bonds. The minimum Gasteiger partial charge on any atom is -0.461 e. The van der Waals surface area contributed by atoms with Crippen molar-refractivity contribution in [3.63, 3.8) is 0 Å². The van der Waals surface area contributed by atoms with Crippen molar-refractivity contribution >= 4 is 12.0 Å². The maximum atomic E-state index is 11.8. The SMILES string of the molecule is CCC(C)(C)NC(=O)/C=C/c1ccc(C2CC2C)o1. The van der Waals surface area contributed by atoms with E-state index in [1.807, 2.05) is 26.0 Å². The van der Waals surface area contributed by atoms with E-state index in [2.05, 4.69) is 19.2 Å². The molecule has 2 rings (SSSR count). The third-order valence-corrected chi connectivity index (χ3v) is 3.87. The van der Waals surface area contributed by atoms with Crippen LogP contribution in [-0.4, -0.2) is 11.4 Å². The fourth-order valence-corrected chi connectivity index (χ4v) is 2.00. The zero-order chi connectivity index (χ0) is 14.0. The second-order valence-electron chi connectivity index (χ2n) is 6.12. The first kappa shape index (κ1) is 13.9. The highest BCUT2D eigenvalue weighted by molar-refractivity contribution is 5.91. The van der Waals surface area contributed by atoms with Crippen LogP contribution < -0.4 is 5.32 Å². The number of hydrogen-bond donors (Lipinski definition) is 1. The van der Waals surface area contributed by atoms with Gasteiger partial charge >= 0.3 is 0 Å². The minimum absolute atomic E-state index is 0.0791. The molecule has 1 aromatic heterocycles. The Morgan fingerprint density at radius 2 is 2.21 bits per heavy atom. The molecule has 2 atom stereocenters. The van der Waals surface area contributed by atoms with Gasteiger partial charge in [-0.2, -0.15) is 0 Å². The topological polar surface area (TPSA) is 42.2 Å². The van der Waals surface area contributed by atoms with Crippen LogP contribution in [0.4, 0.5) is 0 Å². The maximum absolute atomic E-state index is 11.8. The van der Waals surface area contributed by atoms with Gasteiger partial charge in [0.2, 0.25) is 5.91 Å². The summed E-state index contributed by atoms with van der Waals surface area (Å²) in [5.74, 6) is 3.02. The van der Waals surface area contributed by atoms with E-state index < -0.39 is 0 Å². The molecule has 0 bridgehead atoms. The summed E-state index contributed by atoms with van der Waals surface area (Å²) in [6.07, 6.45) is 5.38. The normalized spacial score (nSPS) is 22.7. The van der Waals surface area contributed by atoms with Gasteiger partial charge in [-0.15, -0.1) is 0 Å². The molecule has 1 fully saturated rings. The Bertz CT molecular complexity index is 485. The molecule has 3 nitrogen and oxygen atoms in total. The average molecular weight is 261 g/mol. The van der Waals surface area contributed by atoms with Crippen molar-refractivity contribution in [3.8, 4) is 0 Å². The summed E-state index contributed by atoms with van der Waals surface area (Å²) < 4.78 is 5.72. The van der Waals surface area contributed by atoms with Gasteiger partial charge < -0.3 is 9.73 Å². The maximum Gasteiger partial charge on any atom is 0.244 e. The summed E-state index contributed by atoms with van der Waals surface area (Å²) in [6.45, 7) is 8.30. The summed E-state index contributed by atoms with van der Waals surface area (Å²) in [6, 6.07) is 3.94. The lowest BCUT2D eigenvalue weighted by Gasteiger charge is -2.23. The summed E-state index contributed by atoms with van der Waals surface area (Å²) in [5.41, 5.74) is -0.167. The lowest BCUT2D eigenvalue weighted by atomic mass is 10.0. The van der Waals surface area contributed by atoms with Crippen molar-refractivity contribution in [2.75, 3.05) is 0 Å². The van der Waals surface area contributed by atoms with Crippen molar-refractivity contribution in [1.29, 1.82) is 0 Å². The Labute approximate surface area is 115 Å². The Kier molecular flexibility index (Phi) is 3.83. The first-order valence-corrected chi connectivity index (χ1v) is 7.01. The Balaban J connectivity index is 1.91. The minimum atomic E-state index is -0.167. The molecule has 2 unspecified atom stereocenters. The van der Waals surface area contributed by atoms with Crippen LogP contribution in [-0.2, 0) is 4.79 Å². The van der Waals surface area contributed by atoms with Gasteiger partial charge in [0.05, 0.1) is 0 Å². The zero-order valence-corrected chi connectivity index (χ0v) is 12.2. The van der Waals surface area contributed by atoms with Crippen LogP contribution in [0, 0.1) is 5.92 Å². The van der Waals surface area contributed by atoms with Crippen molar-refractivity contribution in [1.82, 2.24) is 5.32 Å². The van der Waals surface area contributed by atoms with Crippen LogP contribution in [0.25, 0.3) is 6.08 Å². The molecule has 0 spiro atoms. The third kappa shape index (κ3) is 3.72. The number of furan rings is 1. The predicted octanol–water partition coefficient (Wildman–Crippen LogP) is 3.72. The molecule has 0 saturated heterocycles. The molecule has 1 saturated carbocycles. The van der Waals surface area contributed by atoms with E-state index in [0.717, 1.165) is 23.9 Å². The predicted molar refractivity (Wildman–Crippen MR) is 76.8 cm³/mol. The first-order valence-electron chi connectivity index (χ1n) is 7.01. The largest absolute Gasteiger partial charge is 0.461 e. The highest BCUT2D eigenvalue weighted by Gasteiger charge is 2.36. The molecule has 3 heteroatoms. The quantitative estimate of drug-likeness (QED) is 0.821. The number of nitrogens with one attached hydrogen (secondary N) is 1. The van der Waals surface area contributed by atoms with E-state index in [1.54, 1.807) is 6.08 Å². The fraction of sp³-hybridized carbons (Fsp3) is 0.562. The molecule has 1 heterocycles. The monoisotopic (exact) mass is 261 g/mol. The molecule has 1 aromatic rings. The highest BCUT2D eigenvalue weighted by Crippen LogP contribution is 2.47. The molecule has 19 heavy (non-hydrogen) atoms. The number of rotatable bonds is 5. The second kappa shape index (κ2) is 5.24. The number of hydrogen-bond acceptors (Lipinski definition) is 2. The first-order chi connectivity index (χ1) is 8.91. The summed E-state index contributed by atoms with van der Waals surface area (Å²) >= 11 is 0. The smallest absolute Gasteiger partial charge is 0.244 e. The summed E-state index contributed by atoms with van der Waals surface area (Å²) in [7, 11) is 0. The Morgan fingerprint density at radius 3 is 2.79 bits per heavy atom.